The van der Waals surface area contributed by atoms with Gasteiger partial charge in [-0.25, -0.2) is 14.2 Å². The van der Waals surface area contributed by atoms with Crippen LogP contribution in [0.2, 0.25) is 0 Å². The summed E-state index contributed by atoms with van der Waals surface area (Å²) in [6.45, 7) is 3.41. The Morgan fingerprint density at radius 2 is 1.69 bits per heavy atom. The fourth-order valence-corrected chi connectivity index (χ4v) is 4.45. The van der Waals surface area contributed by atoms with E-state index in [4.69, 9.17) is 0 Å². The van der Waals surface area contributed by atoms with Gasteiger partial charge in [-0.2, -0.15) is 4.98 Å². The highest BCUT2D eigenvalue weighted by Gasteiger charge is 2.32. The molecule has 0 radical (unpaired) electrons. The summed E-state index contributed by atoms with van der Waals surface area (Å²) >= 11 is 0. The number of rotatable bonds is 9. The van der Waals surface area contributed by atoms with Crippen LogP contribution in [-0.2, 0) is 17.9 Å². The van der Waals surface area contributed by atoms with Crippen molar-refractivity contribution in [3.05, 3.63) is 85.7 Å². The fraction of sp³-hybridized carbons (Fsp3) is 0.407. The van der Waals surface area contributed by atoms with Crippen LogP contribution >= 0.6 is 0 Å². The average molecular weight is 475 g/mol. The van der Waals surface area contributed by atoms with Gasteiger partial charge in [-0.15, -0.1) is 0 Å². The maximum atomic E-state index is 13.4. The van der Waals surface area contributed by atoms with Gasteiger partial charge in [0.05, 0.1) is 12.5 Å². The molecule has 2 aliphatic carbocycles. The summed E-state index contributed by atoms with van der Waals surface area (Å²) in [6.07, 6.45) is 4.85. The smallest absolute Gasteiger partial charge is 0.354 e. The van der Waals surface area contributed by atoms with E-state index >= 15 is 0 Å². The topological polar surface area (TPSA) is 106 Å². The van der Waals surface area contributed by atoms with E-state index in [1.54, 1.807) is 0 Å². The number of anilines is 2. The van der Waals surface area contributed by atoms with Crippen molar-refractivity contribution in [2.75, 3.05) is 5.32 Å². The second-order valence-electron chi connectivity index (χ2n) is 9.94. The summed E-state index contributed by atoms with van der Waals surface area (Å²) in [5, 5.41) is 12.5. The molecule has 2 aromatic carbocycles. The van der Waals surface area contributed by atoms with Crippen LogP contribution in [0, 0.1) is 12.8 Å². The molecule has 1 heterocycles. The van der Waals surface area contributed by atoms with Crippen molar-refractivity contribution in [2.24, 2.45) is 5.92 Å². The molecular formula is C27H30N4O4. The zero-order valence-corrected chi connectivity index (χ0v) is 20.0. The van der Waals surface area contributed by atoms with Crippen LogP contribution in [0.15, 0.2) is 52.1 Å². The predicted octanol–water partition coefficient (Wildman–Crippen LogP) is 3.98. The van der Waals surface area contributed by atoms with Crippen LogP contribution in [0.4, 0.5) is 11.6 Å². The Balaban J connectivity index is 1.54. The molecule has 0 bridgehead atoms. The fourth-order valence-electron chi connectivity index (χ4n) is 4.45. The quantitative estimate of drug-likeness (QED) is 0.486. The van der Waals surface area contributed by atoms with Crippen molar-refractivity contribution in [2.45, 2.75) is 64.5 Å². The minimum atomic E-state index is -1.08. The van der Waals surface area contributed by atoms with Gasteiger partial charge in [0, 0.05) is 12.2 Å². The Labute approximate surface area is 203 Å². The van der Waals surface area contributed by atoms with Crippen LogP contribution in [0.25, 0.3) is 0 Å². The summed E-state index contributed by atoms with van der Waals surface area (Å²) < 4.78 is 2.32. The SMILES string of the molecule is Cc1ccc(Cn2c(Nc3ccc(C4CC4)c(C4CC4)c3)nc(=O)n(C[C@H](C)C(=O)O)c2=O)cc1. The van der Waals surface area contributed by atoms with Gasteiger partial charge in [0.25, 0.3) is 0 Å². The Hall–Kier alpha value is -3.68. The van der Waals surface area contributed by atoms with Crippen LogP contribution in [0.3, 0.4) is 0 Å². The van der Waals surface area contributed by atoms with Gasteiger partial charge in [0.2, 0.25) is 5.95 Å². The van der Waals surface area contributed by atoms with Crippen molar-refractivity contribution >= 4 is 17.6 Å². The number of hydrogen-bond acceptors (Lipinski definition) is 5. The number of aliphatic carboxylic acids is 1. The molecule has 182 valence electrons. The molecular weight excluding hydrogens is 444 g/mol. The number of benzene rings is 2. The third kappa shape index (κ3) is 5.06. The number of carboxylic acid groups (broad SMARTS) is 1. The second kappa shape index (κ2) is 9.17. The standard InChI is InChI=1S/C27H30N4O4/c1-16-3-5-18(6-4-16)15-30-25(29-26(34)31(27(30)35)14-17(2)24(32)33)28-21-11-12-22(19-7-8-19)23(13-21)20-9-10-20/h3-6,11-13,17,19-20H,7-10,14-15H2,1-2H3,(H,32,33)(H,28,29,34)/t17-/m0/s1. The van der Waals surface area contributed by atoms with E-state index in [0.717, 1.165) is 21.4 Å². The average Bonchev–Trinajstić information content (AvgIpc) is 3.73. The summed E-state index contributed by atoms with van der Waals surface area (Å²) in [5.41, 5.74) is 4.19. The van der Waals surface area contributed by atoms with E-state index in [1.165, 1.54) is 48.3 Å². The molecule has 3 aromatic rings. The van der Waals surface area contributed by atoms with E-state index < -0.39 is 23.3 Å². The van der Waals surface area contributed by atoms with E-state index in [-0.39, 0.29) is 19.0 Å². The molecule has 0 unspecified atom stereocenters. The minimum Gasteiger partial charge on any atom is -0.481 e. The number of carbonyl (C=O) groups is 1. The minimum absolute atomic E-state index is 0.153. The van der Waals surface area contributed by atoms with E-state index in [9.17, 15) is 19.5 Å². The van der Waals surface area contributed by atoms with Gasteiger partial charge in [0.15, 0.2) is 0 Å². The van der Waals surface area contributed by atoms with Crippen molar-refractivity contribution in [3.8, 4) is 0 Å². The molecule has 8 heteroatoms. The van der Waals surface area contributed by atoms with Gasteiger partial charge in [-0.3, -0.25) is 9.36 Å². The Morgan fingerprint density at radius 3 is 2.31 bits per heavy atom. The maximum absolute atomic E-state index is 13.4. The molecule has 0 amide bonds. The van der Waals surface area contributed by atoms with Gasteiger partial charge in [-0.05, 0) is 73.3 Å². The van der Waals surface area contributed by atoms with E-state index in [1.807, 2.05) is 37.3 Å². The second-order valence-corrected chi connectivity index (χ2v) is 9.94. The number of nitrogens with one attached hydrogen (secondary N) is 1. The third-order valence-corrected chi connectivity index (χ3v) is 6.87. The lowest BCUT2D eigenvalue weighted by Gasteiger charge is -2.18. The van der Waals surface area contributed by atoms with Gasteiger partial charge in [0.1, 0.15) is 0 Å². The van der Waals surface area contributed by atoms with Gasteiger partial charge >= 0.3 is 17.3 Å². The number of aromatic nitrogens is 3. The Morgan fingerprint density at radius 1 is 1.03 bits per heavy atom. The molecule has 35 heavy (non-hydrogen) atoms. The predicted molar refractivity (Wildman–Crippen MR) is 134 cm³/mol. The van der Waals surface area contributed by atoms with Crippen LogP contribution < -0.4 is 16.7 Å². The highest BCUT2D eigenvalue weighted by molar-refractivity contribution is 5.69. The van der Waals surface area contributed by atoms with E-state index in [2.05, 4.69) is 22.4 Å². The first-order chi connectivity index (χ1) is 16.8. The van der Waals surface area contributed by atoms with Crippen molar-refractivity contribution in [3.63, 3.8) is 0 Å². The number of carboxylic acids is 1. The van der Waals surface area contributed by atoms with Crippen molar-refractivity contribution in [1.82, 2.24) is 14.1 Å². The lowest BCUT2D eigenvalue weighted by Crippen LogP contribution is -2.44. The molecule has 0 spiro atoms. The summed E-state index contributed by atoms with van der Waals surface area (Å²) in [7, 11) is 0. The number of nitrogens with zero attached hydrogens (tertiary/aromatic N) is 3. The molecule has 0 aliphatic heterocycles. The normalized spacial score (nSPS) is 16.2. The summed E-state index contributed by atoms with van der Waals surface area (Å²) in [5.74, 6) is -0.587. The van der Waals surface area contributed by atoms with Crippen molar-refractivity contribution in [1.29, 1.82) is 0 Å². The first-order valence-electron chi connectivity index (χ1n) is 12.2. The third-order valence-electron chi connectivity index (χ3n) is 6.87. The van der Waals surface area contributed by atoms with Gasteiger partial charge in [-0.1, -0.05) is 42.8 Å². The van der Waals surface area contributed by atoms with Crippen LogP contribution in [-0.4, -0.2) is 25.2 Å². The molecule has 1 atom stereocenters. The number of aryl methyl sites for hydroxylation is 1. The van der Waals surface area contributed by atoms with Crippen molar-refractivity contribution < 1.29 is 9.90 Å². The monoisotopic (exact) mass is 474 g/mol. The highest BCUT2D eigenvalue weighted by atomic mass is 16.4. The largest absolute Gasteiger partial charge is 0.481 e. The summed E-state index contributed by atoms with van der Waals surface area (Å²) in [4.78, 5) is 41.8. The Kier molecular flexibility index (Phi) is 6.05. The highest BCUT2D eigenvalue weighted by Crippen LogP contribution is 2.49. The molecule has 5 rings (SSSR count). The molecule has 1 aromatic heterocycles. The molecule has 0 saturated heterocycles. The van der Waals surface area contributed by atoms with Crippen LogP contribution in [0.5, 0.6) is 0 Å². The molecule has 2 saturated carbocycles. The van der Waals surface area contributed by atoms with Crippen LogP contribution in [0.1, 0.15) is 66.7 Å². The zero-order valence-electron chi connectivity index (χ0n) is 20.0. The first-order valence-corrected chi connectivity index (χ1v) is 12.2. The van der Waals surface area contributed by atoms with E-state index in [0.29, 0.717) is 11.8 Å². The zero-order chi connectivity index (χ0) is 24.7. The lowest BCUT2D eigenvalue weighted by atomic mass is 9.99. The Bertz CT molecular complexity index is 1380. The van der Waals surface area contributed by atoms with Gasteiger partial charge < -0.3 is 10.4 Å². The first kappa shape index (κ1) is 23.1. The maximum Gasteiger partial charge on any atom is 0.354 e. The molecule has 2 N–H and O–H groups in total. The molecule has 2 aliphatic rings. The molecule has 8 nitrogen and oxygen atoms in total. The summed E-state index contributed by atoms with van der Waals surface area (Å²) in [6, 6.07) is 14.0. The molecule has 2 fully saturated rings. The number of hydrogen-bond donors (Lipinski definition) is 2. The lowest BCUT2D eigenvalue weighted by molar-refractivity contribution is -0.141.